The Bertz CT molecular complexity index is 392. The highest BCUT2D eigenvalue weighted by Crippen LogP contribution is 2.10. The maximum absolute atomic E-state index is 11.0. The fourth-order valence-electron chi connectivity index (χ4n) is 2.72. The molecule has 0 spiro atoms. The smallest absolute Gasteiger partial charge is 0.359 e. The number of allylic oxidation sites excluding steroid dienone is 1. The van der Waals surface area contributed by atoms with Crippen molar-refractivity contribution in [2.75, 3.05) is 26.2 Å². The summed E-state index contributed by atoms with van der Waals surface area (Å²) in [5, 5.41) is 27.0. The Hall–Kier alpha value is -1.89. The van der Waals surface area contributed by atoms with Crippen LogP contribution in [-0.4, -0.2) is 63.9 Å². The Balaban J connectivity index is 4.50. The van der Waals surface area contributed by atoms with Crippen LogP contribution in [0.4, 0.5) is 0 Å². The topological polar surface area (TPSA) is 112 Å². The molecular weight excluding hydrogens is 314 g/mol. The van der Waals surface area contributed by atoms with Crippen molar-refractivity contribution in [3.63, 3.8) is 0 Å². The lowest BCUT2D eigenvalue weighted by molar-refractivity contribution is -0.907. The number of carboxylic acids is 3. The van der Waals surface area contributed by atoms with E-state index in [-0.39, 0.29) is 6.54 Å². The van der Waals surface area contributed by atoms with E-state index in [1.54, 1.807) is 0 Å². The van der Waals surface area contributed by atoms with Gasteiger partial charge in [-0.15, -0.1) is 0 Å². The molecule has 0 heterocycles. The molecule has 0 saturated heterocycles. The van der Waals surface area contributed by atoms with Gasteiger partial charge in [0.25, 0.3) is 0 Å². The molecule has 0 rings (SSSR count). The average molecular weight is 344 g/mol. The summed E-state index contributed by atoms with van der Waals surface area (Å²) in [4.78, 5) is 33.1. The van der Waals surface area contributed by atoms with Crippen molar-refractivity contribution in [1.82, 2.24) is 0 Å². The summed E-state index contributed by atoms with van der Waals surface area (Å²) in [6.07, 6.45) is 11.2. The number of quaternary nitrogens is 1. The summed E-state index contributed by atoms with van der Waals surface area (Å²) in [7, 11) is 0. The number of hydrogen-bond acceptors (Lipinski definition) is 3. The first-order valence-electron chi connectivity index (χ1n) is 8.47. The minimum atomic E-state index is -1.20. The second-order valence-electron chi connectivity index (χ2n) is 6.18. The van der Waals surface area contributed by atoms with Gasteiger partial charge in [0, 0.05) is 6.42 Å². The predicted molar refractivity (Wildman–Crippen MR) is 89.8 cm³/mol. The lowest BCUT2D eigenvalue weighted by Crippen LogP contribution is -2.57. The highest BCUT2D eigenvalue weighted by atomic mass is 16.4. The van der Waals surface area contributed by atoms with Crippen LogP contribution in [0.25, 0.3) is 0 Å². The minimum Gasteiger partial charge on any atom is -0.477 e. The number of carbonyl (C=O) groups is 3. The molecule has 0 bridgehead atoms. The molecule has 0 aliphatic rings. The Morgan fingerprint density at radius 1 is 0.750 bits per heavy atom. The van der Waals surface area contributed by atoms with Gasteiger partial charge in [-0.05, 0) is 12.8 Å². The maximum atomic E-state index is 11.0. The van der Waals surface area contributed by atoms with Crippen LogP contribution in [0.15, 0.2) is 12.2 Å². The average Bonchev–Trinajstić information content (AvgIpc) is 2.43. The highest BCUT2D eigenvalue weighted by molar-refractivity contribution is 5.73. The largest absolute Gasteiger partial charge is 0.477 e. The molecular formula is C17H30NO6+. The monoisotopic (exact) mass is 344 g/mol. The molecule has 0 aromatic rings. The third kappa shape index (κ3) is 11.6. The molecule has 0 fully saturated rings. The van der Waals surface area contributed by atoms with Gasteiger partial charge >= 0.3 is 17.9 Å². The molecule has 0 atom stereocenters. The van der Waals surface area contributed by atoms with Crippen LogP contribution in [0.2, 0.25) is 0 Å². The van der Waals surface area contributed by atoms with Gasteiger partial charge in [-0.25, -0.2) is 14.4 Å². The molecule has 138 valence electrons. The summed E-state index contributed by atoms with van der Waals surface area (Å²) in [5.41, 5.74) is 0. The number of hydrogen-bond donors (Lipinski definition) is 3. The Morgan fingerprint density at radius 2 is 1.21 bits per heavy atom. The summed E-state index contributed by atoms with van der Waals surface area (Å²) in [5.74, 6) is -3.59. The van der Waals surface area contributed by atoms with Crippen molar-refractivity contribution < 1.29 is 34.2 Å². The van der Waals surface area contributed by atoms with E-state index < -0.39 is 42.0 Å². The van der Waals surface area contributed by atoms with Gasteiger partial charge in [-0.2, -0.15) is 0 Å². The molecule has 0 saturated carbocycles. The van der Waals surface area contributed by atoms with E-state index in [0.717, 1.165) is 12.8 Å². The van der Waals surface area contributed by atoms with E-state index in [4.69, 9.17) is 15.3 Å². The first-order valence-corrected chi connectivity index (χ1v) is 8.47. The number of carboxylic acid groups (broad SMARTS) is 3. The zero-order valence-corrected chi connectivity index (χ0v) is 14.4. The quantitative estimate of drug-likeness (QED) is 0.239. The Labute approximate surface area is 143 Å². The lowest BCUT2D eigenvalue weighted by atomic mass is 10.1. The van der Waals surface area contributed by atoms with E-state index in [2.05, 4.69) is 6.92 Å². The zero-order chi connectivity index (χ0) is 18.4. The third-order valence-corrected chi connectivity index (χ3v) is 3.82. The summed E-state index contributed by atoms with van der Waals surface area (Å²) in [6, 6.07) is 0. The van der Waals surface area contributed by atoms with Gasteiger partial charge in [0.05, 0.1) is 6.54 Å². The lowest BCUT2D eigenvalue weighted by Gasteiger charge is -2.33. The van der Waals surface area contributed by atoms with Crippen molar-refractivity contribution in [1.29, 1.82) is 0 Å². The van der Waals surface area contributed by atoms with E-state index in [9.17, 15) is 14.4 Å². The molecule has 3 N–H and O–H groups in total. The summed E-state index contributed by atoms with van der Waals surface area (Å²) >= 11 is 0. The van der Waals surface area contributed by atoms with Crippen molar-refractivity contribution in [2.24, 2.45) is 0 Å². The first-order chi connectivity index (χ1) is 11.3. The third-order valence-electron chi connectivity index (χ3n) is 3.82. The molecule has 0 unspecified atom stereocenters. The second kappa shape index (κ2) is 12.5. The standard InChI is InChI=1S/C17H29NO6/c1-2-3-4-5-6-7-8-9-10-11-18(12-15(19)20,13-16(21)22)14-17(23)24/h8-9H,2-7,10-14H2,1H3,(H2-,19,20,21,22,23,24)/p+1/b9-8+. The van der Waals surface area contributed by atoms with Crippen molar-refractivity contribution in [3.05, 3.63) is 12.2 Å². The number of rotatable bonds is 15. The van der Waals surface area contributed by atoms with E-state index in [0.29, 0.717) is 6.42 Å². The molecule has 0 aliphatic heterocycles. The number of nitrogens with zero attached hydrogens (tertiary/aromatic N) is 1. The fraction of sp³-hybridized carbons (Fsp3) is 0.706. The second-order valence-corrected chi connectivity index (χ2v) is 6.18. The van der Waals surface area contributed by atoms with Crippen LogP contribution < -0.4 is 0 Å². The van der Waals surface area contributed by atoms with Crippen LogP contribution in [0.5, 0.6) is 0 Å². The molecule has 7 heteroatoms. The van der Waals surface area contributed by atoms with Crippen molar-refractivity contribution >= 4 is 17.9 Å². The molecule has 0 amide bonds. The molecule has 24 heavy (non-hydrogen) atoms. The predicted octanol–water partition coefficient (Wildman–Crippen LogP) is 2.36. The van der Waals surface area contributed by atoms with Gasteiger partial charge < -0.3 is 15.3 Å². The van der Waals surface area contributed by atoms with Gasteiger partial charge in [-0.3, -0.25) is 4.48 Å². The molecule has 0 aromatic carbocycles. The normalized spacial score (nSPS) is 11.7. The van der Waals surface area contributed by atoms with E-state index in [1.165, 1.54) is 25.7 Å². The zero-order valence-electron chi connectivity index (χ0n) is 14.4. The first kappa shape index (κ1) is 22.1. The summed E-state index contributed by atoms with van der Waals surface area (Å²) < 4.78 is -0.485. The van der Waals surface area contributed by atoms with E-state index in [1.807, 2.05) is 12.2 Å². The fourth-order valence-corrected chi connectivity index (χ4v) is 2.72. The van der Waals surface area contributed by atoms with Crippen LogP contribution in [0, 0.1) is 0 Å². The van der Waals surface area contributed by atoms with Gasteiger partial charge in [0.1, 0.15) is 0 Å². The van der Waals surface area contributed by atoms with Gasteiger partial charge in [-0.1, -0.05) is 44.8 Å². The van der Waals surface area contributed by atoms with E-state index >= 15 is 0 Å². The number of unbranched alkanes of at least 4 members (excludes halogenated alkanes) is 5. The molecule has 0 radical (unpaired) electrons. The van der Waals surface area contributed by atoms with Crippen molar-refractivity contribution in [3.8, 4) is 0 Å². The van der Waals surface area contributed by atoms with Crippen LogP contribution in [0.1, 0.15) is 51.9 Å². The highest BCUT2D eigenvalue weighted by Gasteiger charge is 2.35. The van der Waals surface area contributed by atoms with Crippen LogP contribution >= 0.6 is 0 Å². The molecule has 7 nitrogen and oxygen atoms in total. The number of aliphatic carboxylic acids is 3. The van der Waals surface area contributed by atoms with Crippen molar-refractivity contribution in [2.45, 2.75) is 51.9 Å². The van der Waals surface area contributed by atoms with Gasteiger partial charge in [0.15, 0.2) is 19.6 Å². The summed E-state index contributed by atoms with van der Waals surface area (Å²) in [6.45, 7) is 0.809. The molecule has 0 aliphatic carbocycles. The van der Waals surface area contributed by atoms with Gasteiger partial charge in [0.2, 0.25) is 0 Å². The molecule has 0 aromatic heterocycles. The SMILES string of the molecule is CCCCCCC/C=C/CC[N+](CC(=O)O)(CC(=O)O)CC(=O)O. The Kier molecular flexibility index (Phi) is 11.5. The van der Waals surface area contributed by atoms with Crippen LogP contribution in [-0.2, 0) is 14.4 Å². The Morgan fingerprint density at radius 3 is 1.67 bits per heavy atom. The van der Waals surface area contributed by atoms with Crippen LogP contribution in [0.3, 0.4) is 0 Å². The minimum absolute atomic E-state index is 0.178. The maximum Gasteiger partial charge on any atom is 0.359 e.